The highest BCUT2D eigenvalue weighted by Crippen LogP contribution is 2.47. The number of para-hydroxylation sites is 1. The molecule has 2 unspecified atom stereocenters. The quantitative estimate of drug-likeness (QED) is 0.833. The molecule has 3 heteroatoms. The van der Waals surface area contributed by atoms with Crippen LogP contribution in [-0.4, -0.2) is 13.0 Å². The molecular weight excluding hydrogens is 236 g/mol. The van der Waals surface area contributed by atoms with E-state index < -0.39 is 10.8 Å². The van der Waals surface area contributed by atoms with Gasteiger partial charge in [0.2, 0.25) is 5.91 Å². The number of carbonyl (C=O) groups excluding carboxylic acids is 1. The highest BCUT2D eigenvalue weighted by Gasteiger charge is 2.49. The van der Waals surface area contributed by atoms with Crippen LogP contribution in [0.5, 0.6) is 0 Å². The van der Waals surface area contributed by atoms with Gasteiger partial charge in [-0.1, -0.05) is 25.1 Å². The minimum absolute atomic E-state index is 0.0867. The average molecular weight is 256 g/mol. The summed E-state index contributed by atoms with van der Waals surface area (Å²) in [6, 6.07) is 10.2. The summed E-state index contributed by atoms with van der Waals surface area (Å²) < 4.78 is 0. The summed E-state index contributed by atoms with van der Waals surface area (Å²) in [5, 5.41) is 9.39. The molecule has 19 heavy (non-hydrogen) atoms. The summed E-state index contributed by atoms with van der Waals surface area (Å²) >= 11 is 0. The minimum atomic E-state index is -0.591. The maximum absolute atomic E-state index is 12.6. The van der Waals surface area contributed by atoms with Crippen molar-refractivity contribution in [3.8, 4) is 6.07 Å². The van der Waals surface area contributed by atoms with Crippen LogP contribution in [0.15, 0.2) is 24.3 Å². The first-order valence-corrected chi connectivity index (χ1v) is 6.67. The summed E-state index contributed by atoms with van der Waals surface area (Å²) in [6.45, 7) is 5.90. The van der Waals surface area contributed by atoms with Crippen molar-refractivity contribution in [2.24, 2.45) is 5.41 Å². The van der Waals surface area contributed by atoms with Crippen LogP contribution in [0.1, 0.15) is 39.2 Å². The lowest BCUT2D eigenvalue weighted by atomic mass is 9.69. The fourth-order valence-electron chi connectivity index (χ4n) is 3.02. The van der Waals surface area contributed by atoms with E-state index in [2.05, 4.69) is 6.07 Å². The van der Waals surface area contributed by atoms with Crippen LogP contribution < -0.4 is 4.90 Å². The second kappa shape index (κ2) is 4.38. The zero-order valence-electron chi connectivity index (χ0n) is 12.0. The van der Waals surface area contributed by atoms with Crippen molar-refractivity contribution in [2.75, 3.05) is 11.9 Å². The lowest BCUT2D eigenvalue weighted by Gasteiger charge is -2.31. The second-order valence-electron chi connectivity index (χ2n) is 5.92. The maximum Gasteiger partial charge on any atom is 0.237 e. The second-order valence-corrected chi connectivity index (χ2v) is 5.92. The van der Waals surface area contributed by atoms with Crippen LogP contribution in [0, 0.1) is 16.7 Å². The predicted molar refractivity (Wildman–Crippen MR) is 75.8 cm³/mol. The van der Waals surface area contributed by atoms with Gasteiger partial charge in [0.15, 0.2) is 0 Å². The zero-order valence-corrected chi connectivity index (χ0v) is 12.0. The van der Waals surface area contributed by atoms with Gasteiger partial charge in [-0.05, 0) is 38.3 Å². The number of likely N-dealkylation sites (N-methyl/N-ethyl adjacent to an activating group) is 1. The van der Waals surface area contributed by atoms with Crippen LogP contribution in [0.3, 0.4) is 0 Å². The number of amides is 1. The highest BCUT2D eigenvalue weighted by molar-refractivity contribution is 6.07. The van der Waals surface area contributed by atoms with E-state index in [1.165, 1.54) is 0 Å². The van der Waals surface area contributed by atoms with Crippen LogP contribution in [0.2, 0.25) is 0 Å². The Morgan fingerprint density at radius 3 is 2.63 bits per heavy atom. The minimum Gasteiger partial charge on any atom is -0.314 e. The SMILES string of the molecule is CCC(C)(C#N)CC1(C)C(=O)N(C)c2ccccc21. The monoisotopic (exact) mass is 256 g/mol. The van der Waals surface area contributed by atoms with Gasteiger partial charge in [-0.15, -0.1) is 0 Å². The predicted octanol–water partition coefficient (Wildman–Crippen LogP) is 3.25. The normalized spacial score (nSPS) is 24.8. The van der Waals surface area contributed by atoms with E-state index in [4.69, 9.17) is 0 Å². The van der Waals surface area contributed by atoms with E-state index in [0.29, 0.717) is 6.42 Å². The molecule has 0 spiro atoms. The number of nitrogens with zero attached hydrogens (tertiary/aromatic N) is 2. The van der Waals surface area contributed by atoms with Gasteiger partial charge in [-0.25, -0.2) is 0 Å². The van der Waals surface area contributed by atoms with E-state index in [-0.39, 0.29) is 5.91 Å². The van der Waals surface area contributed by atoms with Crippen molar-refractivity contribution in [2.45, 2.75) is 39.0 Å². The van der Waals surface area contributed by atoms with Crippen molar-refractivity contribution in [3.05, 3.63) is 29.8 Å². The molecule has 1 amide bonds. The summed E-state index contributed by atoms with van der Waals surface area (Å²) in [5.74, 6) is 0.0867. The lowest BCUT2D eigenvalue weighted by molar-refractivity contribution is -0.123. The van der Waals surface area contributed by atoms with Crippen LogP contribution in [0.25, 0.3) is 0 Å². The number of hydrogen-bond donors (Lipinski definition) is 0. The molecule has 0 aromatic heterocycles. The van der Waals surface area contributed by atoms with E-state index in [1.807, 2.05) is 52.1 Å². The van der Waals surface area contributed by atoms with Gasteiger partial charge in [0.1, 0.15) is 0 Å². The van der Waals surface area contributed by atoms with Gasteiger partial charge in [0, 0.05) is 12.7 Å². The molecule has 1 aromatic rings. The first-order valence-electron chi connectivity index (χ1n) is 6.67. The number of fused-ring (bicyclic) bond motifs is 1. The van der Waals surface area contributed by atoms with E-state index >= 15 is 0 Å². The molecule has 3 nitrogen and oxygen atoms in total. The van der Waals surface area contributed by atoms with Gasteiger partial charge in [-0.3, -0.25) is 4.79 Å². The van der Waals surface area contributed by atoms with E-state index in [0.717, 1.165) is 17.7 Å². The number of hydrogen-bond acceptors (Lipinski definition) is 2. The molecule has 1 aliphatic heterocycles. The number of benzene rings is 1. The third kappa shape index (κ3) is 1.92. The smallest absolute Gasteiger partial charge is 0.237 e. The molecular formula is C16H20N2O. The first-order chi connectivity index (χ1) is 8.88. The van der Waals surface area contributed by atoms with Gasteiger partial charge in [0.25, 0.3) is 0 Å². The summed E-state index contributed by atoms with van der Waals surface area (Å²) in [4.78, 5) is 14.3. The van der Waals surface area contributed by atoms with Gasteiger partial charge < -0.3 is 4.90 Å². The fourth-order valence-corrected chi connectivity index (χ4v) is 3.02. The number of anilines is 1. The molecule has 2 atom stereocenters. The Morgan fingerprint density at radius 1 is 1.42 bits per heavy atom. The third-order valence-corrected chi connectivity index (χ3v) is 4.43. The van der Waals surface area contributed by atoms with E-state index in [9.17, 15) is 10.1 Å². The Labute approximate surface area is 114 Å². The molecule has 0 N–H and O–H groups in total. The molecule has 1 heterocycles. The van der Waals surface area contributed by atoms with Crippen LogP contribution >= 0.6 is 0 Å². The summed E-state index contributed by atoms with van der Waals surface area (Å²) in [5.41, 5.74) is 0.943. The number of nitriles is 1. The molecule has 0 radical (unpaired) electrons. The molecule has 0 saturated carbocycles. The molecule has 0 saturated heterocycles. The Morgan fingerprint density at radius 2 is 2.05 bits per heavy atom. The molecule has 0 fully saturated rings. The number of carbonyl (C=O) groups is 1. The van der Waals surface area contributed by atoms with Crippen LogP contribution in [0.4, 0.5) is 5.69 Å². The Hall–Kier alpha value is -1.82. The average Bonchev–Trinajstić information content (AvgIpc) is 2.62. The number of rotatable bonds is 3. The molecule has 1 aliphatic rings. The molecule has 100 valence electrons. The highest BCUT2D eigenvalue weighted by atomic mass is 16.2. The van der Waals surface area contributed by atoms with Gasteiger partial charge >= 0.3 is 0 Å². The molecule has 0 aliphatic carbocycles. The first kappa shape index (κ1) is 13.6. The van der Waals surface area contributed by atoms with Crippen molar-refractivity contribution >= 4 is 11.6 Å². The Balaban J connectivity index is 2.50. The van der Waals surface area contributed by atoms with Crippen LogP contribution in [-0.2, 0) is 10.2 Å². The Kier molecular flexibility index (Phi) is 3.14. The molecule has 1 aromatic carbocycles. The molecule has 2 rings (SSSR count). The summed E-state index contributed by atoms with van der Waals surface area (Å²) in [6.07, 6.45) is 1.31. The zero-order chi connectivity index (χ0) is 14.3. The van der Waals surface area contributed by atoms with Crippen molar-refractivity contribution in [1.82, 2.24) is 0 Å². The fraction of sp³-hybridized carbons (Fsp3) is 0.500. The summed E-state index contributed by atoms with van der Waals surface area (Å²) in [7, 11) is 1.81. The van der Waals surface area contributed by atoms with Crippen molar-refractivity contribution < 1.29 is 4.79 Å². The molecule has 0 bridgehead atoms. The standard InChI is InChI=1S/C16H20N2O/c1-5-15(2,11-17)10-16(3)12-8-6-7-9-13(12)18(4)14(16)19/h6-9H,5,10H2,1-4H3. The maximum atomic E-state index is 12.6. The van der Waals surface area contributed by atoms with Gasteiger partial charge in [0.05, 0.1) is 16.9 Å². The third-order valence-electron chi connectivity index (χ3n) is 4.43. The lowest BCUT2D eigenvalue weighted by Crippen LogP contribution is -2.39. The largest absolute Gasteiger partial charge is 0.314 e. The Bertz CT molecular complexity index is 560. The van der Waals surface area contributed by atoms with Gasteiger partial charge in [-0.2, -0.15) is 5.26 Å². The van der Waals surface area contributed by atoms with Crippen molar-refractivity contribution in [1.29, 1.82) is 5.26 Å². The topological polar surface area (TPSA) is 44.1 Å². The van der Waals surface area contributed by atoms with E-state index in [1.54, 1.807) is 4.90 Å². The van der Waals surface area contributed by atoms with Crippen molar-refractivity contribution in [3.63, 3.8) is 0 Å².